The molecule has 0 heterocycles. The Morgan fingerprint density at radius 3 is 2.53 bits per heavy atom. The molecule has 1 saturated carbocycles. The molecule has 0 bridgehead atoms. The van der Waals surface area contributed by atoms with Crippen LogP contribution in [-0.4, -0.2) is 5.78 Å². The van der Waals surface area contributed by atoms with E-state index in [9.17, 15) is 4.79 Å². The van der Waals surface area contributed by atoms with E-state index in [-0.39, 0.29) is 5.78 Å². The van der Waals surface area contributed by atoms with Crippen LogP contribution >= 0.6 is 22.6 Å². The number of hydrogen-bond acceptors (Lipinski definition) is 1. The quantitative estimate of drug-likeness (QED) is 0.459. The first-order valence-electron chi connectivity index (χ1n) is 5.25. The summed E-state index contributed by atoms with van der Waals surface area (Å²) in [5.41, 5.74) is 2.15. The van der Waals surface area contributed by atoms with Gasteiger partial charge in [-0.2, -0.15) is 0 Å². The van der Waals surface area contributed by atoms with Gasteiger partial charge in [-0.25, -0.2) is 0 Å². The molecule has 0 aliphatic heterocycles. The van der Waals surface area contributed by atoms with Crippen LogP contribution in [0.5, 0.6) is 0 Å². The number of carbonyl (C=O) groups is 1. The van der Waals surface area contributed by atoms with Crippen molar-refractivity contribution in [3.63, 3.8) is 0 Å². The highest BCUT2D eigenvalue weighted by molar-refractivity contribution is 14.1. The highest BCUT2D eigenvalue weighted by Crippen LogP contribution is 2.24. The van der Waals surface area contributed by atoms with Crippen molar-refractivity contribution in [3.05, 3.63) is 45.0 Å². The third-order valence-electron chi connectivity index (χ3n) is 2.72. The van der Waals surface area contributed by atoms with Gasteiger partial charge in [-0.15, -0.1) is 0 Å². The van der Waals surface area contributed by atoms with Gasteiger partial charge in [0.1, 0.15) is 0 Å². The van der Waals surface area contributed by atoms with Crippen molar-refractivity contribution in [2.45, 2.75) is 25.7 Å². The second kappa shape index (κ2) is 4.92. The third-order valence-corrected chi connectivity index (χ3v) is 3.66. The van der Waals surface area contributed by atoms with Gasteiger partial charge in [0.2, 0.25) is 0 Å². The van der Waals surface area contributed by atoms with Gasteiger partial charge in [-0.1, -0.05) is 17.7 Å². The average Bonchev–Trinajstić information content (AvgIpc) is 2.71. The molecule has 0 atom stereocenters. The highest BCUT2D eigenvalue weighted by Gasteiger charge is 2.11. The number of carbonyl (C=O) groups excluding carboxylic acids is 1. The molecule has 1 aromatic rings. The van der Waals surface area contributed by atoms with E-state index in [2.05, 4.69) is 22.6 Å². The zero-order chi connectivity index (χ0) is 10.7. The molecule has 15 heavy (non-hydrogen) atoms. The Bertz CT molecular complexity index is 399. The molecule has 0 amide bonds. The maximum Gasteiger partial charge on any atom is 0.186 e. The molecular weight excluding hydrogens is 299 g/mol. The molecule has 0 unspecified atom stereocenters. The predicted octanol–water partition coefficient (Wildman–Crippen LogP) is 3.97. The molecule has 1 nitrogen and oxygen atoms in total. The Morgan fingerprint density at radius 2 is 1.87 bits per heavy atom. The van der Waals surface area contributed by atoms with Gasteiger partial charge in [-0.3, -0.25) is 4.79 Å². The topological polar surface area (TPSA) is 17.1 Å². The molecule has 1 aliphatic rings. The van der Waals surface area contributed by atoms with E-state index in [1.54, 1.807) is 0 Å². The SMILES string of the molecule is O=C(C=C1CCCC1)c1ccccc1I. The van der Waals surface area contributed by atoms with Crippen LogP contribution in [0.4, 0.5) is 0 Å². The number of benzene rings is 1. The summed E-state index contributed by atoms with van der Waals surface area (Å²) in [6.07, 6.45) is 6.53. The van der Waals surface area contributed by atoms with E-state index in [4.69, 9.17) is 0 Å². The van der Waals surface area contributed by atoms with Crippen LogP contribution in [0.3, 0.4) is 0 Å². The fraction of sp³-hybridized carbons (Fsp3) is 0.308. The van der Waals surface area contributed by atoms with E-state index >= 15 is 0 Å². The first-order chi connectivity index (χ1) is 7.27. The molecule has 1 aromatic carbocycles. The monoisotopic (exact) mass is 312 g/mol. The van der Waals surface area contributed by atoms with Gasteiger partial charge >= 0.3 is 0 Å². The van der Waals surface area contributed by atoms with Crippen molar-refractivity contribution < 1.29 is 4.79 Å². The van der Waals surface area contributed by atoms with Crippen molar-refractivity contribution in [2.75, 3.05) is 0 Å². The van der Waals surface area contributed by atoms with Gasteiger partial charge in [0.15, 0.2) is 5.78 Å². The van der Waals surface area contributed by atoms with Gasteiger partial charge in [0, 0.05) is 9.13 Å². The summed E-state index contributed by atoms with van der Waals surface area (Å²) in [7, 11) is 0. The average molecular weight is 312 g/mol. The molecule has 0 spiro atoms. The summed E-state index contributed by atoms with van der Waals surface area (Å²) in [6, 6.07) is 7.75. The van der Waals surface area contributed by atoms with Crippen molar-refractivity contribution in [1.29, 1.82) is 0 Å². The van der Waals surface area contributed by atoms with E-state index in [1.807, 2.05) is 30.3 Å². The Hall–Kier alpha value is -0.640. The smallest absolute Gasteiger partial charge is 0.186 e. The first kappa shape index (κ1) is 10.9. The molecule has 0 N–H and O–H groups in total. The lowest BCUT2D eigenvalue weighted by molar-refractivity contribution is 0.104. The van der Waals surface area contributed by atoms with Crippen LogP contribution in [-0.2, 0) is 0 Å². The fourth-order valence-electron chi connectivity index (χ4n) is 1.90. The Balaban J connectivity index is 2.21. The number of ketones is 1. The normalized spacial score (nSPS) is 15.4. The second-order valence-corrected chi connectivity index (χ2v) is 5.02. The molecule has 1 fully saturated rings. The summed E-state index contributed by atoms with van der Waals surface area (Å²) in [6.45, 7) is 0. The van der Waals surface area contributed by atoms with Crippen molar-refractivity contribution in [1.82, 2.24) is 0 Å². The molecular formula is C13H13IO. The molecule has 0 aromatic heterocycles. The number of allylic oxidation sites excluding steroid dienone is 2. The van der Waals surface area contributed by atoms with Gasteiger partial charge < -0.3 is 0 Å². The lowest BCUT2D eigenvalue weighted by atomic mass is 10.1. The second-order valence-electron chi connectivity index (χ2n) is 3.85. The van der Waals surface area contributed by atoms with Crippen LogP contribution in [0.1, 0.15) is 36.0 Å². The lowest BCUT2D eigenvalue weighted by Gasteiger charge is -2.00. The predicted molar refractivity (Wildman–Crippen MR) is 70.0 cm³/mol. The van der Waals surface area contributed by atoms with Gasteiger partial charge in [0.25, 0.3) is 0 Å². The largest absolute Gasteiger partial charge is 0.289 e. The van der Waals surface area contributed by atoms with Crippen LogP contribution in [0.25, 0.3) is 0 Å². The Morgan fingerprint density at radius 1 is 1.20 bits per heavy atom. The summed E-state index contributed by atoms with van der Waals surface area (Å²) in [5, 5.41) is 0. The minimum absolute atomic E-state index is 0.164. The van der Waals surface area contributed by atoms with Crippen molar-refractivity contribution in [3.8, 4) is 0 Å². The maximum atomic E-state index is 11.9. The molecule has 2 rings (SSSR count). The van der Waals surface area contributed by atoms with E-state index < -0.39 is 0 Å². The number of rotatable bonds is 2. The molecule has 1 aliphatic carbocycles. The summed E-state index contributed by atoms with van der Waals surface area (Å²) < 4.78 is 1.04. The Kier molecular flexibility index (Phi) is 3.57. The molecule has 78 valence electrons. The zero-order valence-corrected chi connectivity index (χ0v) is 10.7. The zero-order valence-electron chi connectivity index (χ0n) is 8.50. The minimum Gasteiger partial charge on any atom is -0.289 e. The minimum atomic E-state index is 0.164. The van der Waals surface area contributed by atoms with Crippen molar-refractivity contribution >= 4 is 28.4 Å². The number of halogens is 1. The van der Waals surface area contributed by atoms with Gasteiger partial charge in [-0.05, 0) is 66.5 Å². The standard InChI is InChI=1S/C13H13IO/c14-12-8-4-3-7-11(12)13(15)9-10-5-1-2-6-10/h3-4,7-9H,1-2,5-6H2. The van der Waals surface area contributed by atoms with E-state index in [0.717, 1.165) is 22.0 Å². The highest BCUT2D eigenvalue weighted by atomic mass is 127. The van der Waals surface area contributed by atoms with Crippen molar-refractivity contribution in [2.24, 2.45) is 0 Å². The Labute approximate surface area is 104 Å². The summed E-state index contributed by atoms with van der Waals surface area (Å²) >= 11 is 2.21. The van der Waals surface area contributed by atoms with E-state index in [1.165, 1.54) is 18.4 Å². The fourth-order valence-corrected chi connectivity index (χ4v) is 2.55. The molecule has 2 heteroatoms. The summed E-state index contributed by atoms with van der Waals surface area (Å²) in [4.78, 5) is 11.9. The van der Waals surface area contributed by atoms with E-state index in [0.29, 0.717) is 0 Å². The van der Waals surface area contributed by atoms with Crippen LogP contribution in [0.2, 0.25) is 0 Å². The molecule has 0 radical (unpaired) electrons. The number of hydrogen-bond donors (Lipinski definition) is 0. The van der Waals surface area contributed by atoms with Crippen LogP contribution in [0, 0.1) is 3.57 Å². The third kappa shape index (κ3) is 2.68. The maximum absolute atomic E-state index is 11.9. The first-order valence-corrected chi connectivity index (χ1v) is 6.33. The summed E-state index contributed by atoms with van der Waals surface area (Å²) in [5.74, 6) is 0.164. The van der Waals surface area contributed by atoms with Gasteiger partial charge in [0.05, 0.1) is 0 Å². The van der Waals surface area contributed by atoms with Crippen LogP contribution < -0.4 is 0 Å². The van der Waals surface area contributed by atoms with Crippen LogP contribution in [0.15, 0.2) is 35.9 Å². The molecule has 0 saturated heterocycles. The lowest BCUT2D eigenvalue weighted by Crippen LogP contribution is -1.98.